The summed E-state index contributed by atoms with van der Waals surface area (Å²) >= 11 is 1.34. The molecular weight excluding hydrogens is 599 g/mol. The number of nitrogens with one attached hydrogen (secondary N) is 1. The summed E-state index contributed by atoms with van der Waals surface area (Å²) in [6.45, 7) is 8.83. The number of carbonyl (C=O) groups is 1. The number of aromatic nitrogens is 3. The minimum Gasteiger partial charge on any atom is -0.489 e. The Morgan fingerprint density at radius 2 is 1.72 bits per heavy atom. The average Bonchev–Trinajstić information content (AvgIpc) is 3.45. The first-order valence-electron chi connectivity index (χ1n) is 16.0. The summed E-state index contributed by atoms with van der Waals surface area (Å²) < 4.78 is 28.7. The molecule has 1 N–H and O–H groups in total. The van der Waals surface area contributed by atoms with Gasteiger partial charge in [-0.3, -0.25) is 0 Å². The molecule has 0 bridgehead atoms. The van der Waals surface area contributed by atoms with Gasteiger partial charge in [0.1, 0.15) is 30.3 Å². The fourth-order valence-electron chi connectivity index (χ4n) is 6.00. The van der Waals surface area contributed by atoms with Crippen molar-refractivity contribution >= 4 is 23.7 Å². The average molecular weight is 641 g/mol. The van der Waals surface area contributed by atoms with Crippen LogP contribution in [0.15, 0.2) is 89.2 Å². The van der Waals surface area contributed by atoms with E-state index in [4.69, 9.17) is 19.6 Å². The number of carbonyl (C=O) groups excluding carboxylic acids is 1. The maximum absolute atomic E-state index is 14.4. The zero-order valence-corrected chi connectivity index (χ0v) is 27.7. The number of nitrogens with zero attached hydrogens (tertiary/aromatic N) is 3. The number of esters is 1. The van der Waals surface area contributed by atoms with Gasteiger partial charge in [-0.25, -0.2) is 13.9 Å². The number of para-hydroxylation sites is 1. The third-order valence-electron chi connectivity index (χ3n) is 8.62. The van der Waals surface area contributed by atoms with Gasteiger partial charge in [0.2, 0.25) is 11.1 Å². The van der Waals surface area contributed by atoms with Gasteiger partial charge < -0.3 is 14.8 Å². The Hall–Kier alpha value is -4.11. The van der Waals surface area contributed by atoms with E-state index in [-0.39, 0.29) is 23.3 Å². The molecule has 1 aromatic heterocycles. The number of halogens is 1. The molecule has 4 aromatic rings. The SMILES string of the molecule is CC1=C(C(=O)OC2CCCCC2)C(c2ccccc2OCc2ccc(C(C)(C)C)cc2)n2nc(SCc3ccccc3F)nc2N1. The maximum atomic E-state index is 14.4. The molecule has 6 rings (SSSR count). The van der Waals surface area contributed by atoms with Crippen molar-refractivity contribution in [1.29, 1.82) is 0 Å². The number of fused-ring (bicyclic) bond motifs is 1. The molecule has 7 nitrogen and oxygen atoms in total. The molecule has 9 heteroatoms. The second-order valence-electron chi connectivity index (χ2n) is 13.0. The third kappa shape index (κ3) is 7.15. The third-order valence-corrected chi connectivity index (χ3v) is 9.51. The van der Waals surface area contributed by atoms with Crippen molar-refractivity contribution < 1.29 is 18.7 Å². The van der Waals surface area contributed by atoms with E-state index in [1.54, 1.807) is 16.8 Å². The van der Waals surface area contributed by atoms with Crippen molar-refractivity contribution in [3.63, 3.8) is 0 Å². The second kappa shape index (κ2) is 13.7. The van der Waals surface area contributed by atoms with Crippen molar-refractivity contribution in [3.8, 4) is 5.75 Å². The van der Waals surface area contributed by atoms with Crippen LogP contribution < -0.4 is 10.1 Å². The zero-order chi connectivity index (χ0) is 32.3. The molecule has 1 atom stereocenters. The van der Waals surface area contributed by atoms with E-state index in [9.17, 15) is 9.18 Å². The first-order chi connectivity index (χ1) is 22.2. The van der Waals surface area contributed by atoms with E-state index in [2.05, 4.69) is 50.4 Å². The molecule has 1 aliphatic carbocycles. The second-order valence-corrected chi connectivity index (χ2v) is 14.0. The Morgan fingerprint density at radius 1 is 1.00 bits per heavy atom. The van der Waals surface area contributed by atoms with Crippen molar-refractivity contribution in [3.05, 3.63) is 112 Å². The monoisotopic (exact) mass is 640 g/mol. The molecule has 46 heavy (non-hydrogen) atoms. The highest BCUT2D eigenvalue weighted by Crippen LogP contribution is 2.41. The van der Waals surface area contributed by atoms with Gasteiger partial charge in [0.25, 0.3) is 0 Å². The lowest BCUT2D eigenvalue weighted by Crippen LogP contribution is -2.32. The number of ether oxygens (including phenoxy) is 2. The molecule has 1 fully saturated rings. The van der Waals surface area contributed by atoms with Crippen molar-refractivity contribution in [1.82, 2.24) is 14.8 Å². The Kier molecular flexibility index (Phi) is 9.49. The fraction of sp³-hybridized carbons (Fsp3) is 0.378. The number of rotatable bonds is 9. The summed E-state index contributed by atoms with van der Waals surface area (Å²) in [5.74, 6) is 0.889. The van der Waals surface area contributed by atoms with Crippen LogP contribution in [0.5, 0.6) is 5.75 Å². The Labute approximate surface area is 274 Å². The molecule has 2 heterocycles. The highest BCUT2D eigenvalue weighted by Gasteiger charge is 2.38. The number of hydrogen-bond donors (Lipinski definition) is 1. The van der Waals surface area contributed by atoms with Gasteiger partial charge in [0.15, 0.2) is 0 Å². The molecule has 0 saturated heterocycles. The van der Waals surface area contributed by atoms with E-state index in [1.807, 2.05) is 37.3 Å². The molecule has 2 aliphatic rings. The van der Waals surface area contributed by atoms with Gasteiger partial charge in [-0.1, -0.05) is 99.6 Å². The van der Waals surface area contributed by atoms with Gasteiger partial charge in [0.05, 0.1) is 5.57 Å². The summed E-state index contributed by atoms with van der Waals surface area (Å²) in [4.78, 5) is 18.7. The number of allylic oxidation sites excluding steroid dienone is 1. The lowest BCUT2D eigenvalue weighted by molar-refractivity contribution is -0.146. The van der Waals surface area contributed by atoms with E-state index >= 15 is 0 Å². The Bertz CT molecular complexity index is 1720. The quantitative estimate of drug-likeness (QED) is 0.145. The van der Waals surface area contributed by atoms with E-state index in [0.717, 1.165) is 36.8 Å². The predicted octanol–water partition coefficient (Wildman–Crippen LogP) is 8.75. The molecule has 240 valence electrons. The summed E-state index contributed by atoms with van der Waals surface area (Å²) in [6, 6.07) is 22.3. The van der Waals surface area contributed by atoms with Gasteiger partial charge in [-0.15, -0.1) is 5.10 Å². The maximum Gasteiger partial charge on any atom is 0.338 e. The van der Waals surface area contributed by atoms with Gasteiger partial charge >= 0.3 is 5.97 Å². The summed E-state index contributed by atoms with van der Waals surface area (Å²) in [5, 5.41) is 8.61. The van der Waals surface area contributed by atoms with Crippen molar-refractivity contribution in [2.45, 2.75) is 94.9 Å². The minimum atomic E-state index is -0.637. The number of anilines is 1. The lowest BCUT2D eigenvalue weighted by Gasteiger charge is -2.30. The van der Waals surface area contributed by atoms with E-state index < -0.39 is 6.04 Å². The predicted molar refractivity (Wildman–Crippen MR) is 179 cm³/mol. The lowest BCUT2D eigenvalue weighted by atomic mass is 9.87. The standard InChI is InChI=1S/C37H41FN4O3S/c1-24-32(34(43)45-28-13-6-5-7-14-28)33(42-35(39-24)40-36(41-42)46-23-26-12-8-10-16-30(26)38)29-15-9-11-17-31(29)44-22-25-18-20-27(21-19-25)37(2,3)4/h8-12,15-21,28,33H,5-7,13-14,22-23H2,1-4H3,(H,39,40,41). The van der Waals surface area contributed by atoms with Crippen LogP contribution in [-0.2, 0) is 27.3 Å². The molecule has 0 spiro atoms. The highest BCUT2D eigenvalue weighted by molar-refractivity contribution is 7.98. The minimum absolute atomic E-state index is 0.0652. The van der Waals surface area contributed by atoms with Crippen LogP contribution in [0.1, 0.15) is 88.1 Å². The Balaban J connectivity index is 1.32. The molecule has 0 amide bonds. The number of hydrogen-bond acceptors (Lipinski definition) is 7. The molecule has 1 unspecified atom stereocenters. The normalized spacial score (nSPS) is 16.9. The van der Waals surface area contributed by atoms with Crippen LogP contribution in [0, 0.1) is 5.82 Å². The largest absolute Gasteiger partial charge is 0.489 e. The van der Waals surface area contributed by atoms with E-state index in [0.29, 0.717) is 46.0 Å². The molecule has 0 radical (unpaired) electrons. The number of benzene rings is 3. The highest BCUT2D eigenvalue weighted by atomic mass is 32.2. The van der Waals surface area contributed by atoms with Crippen LogP contribution in [0.2, 0.25) is 0 Å². The molecule has 1 aliphatic heterocycles. The summed E-state index contributed by atoms with van der Waals surface area (Å²) in [6.07, 6.45) is 4.92. The molecular formula is C37H41FN4O3S. The zero-order valence-electron chi connectivity index (χ0n) is 26.9. The van der Waals surface area contributed by atoms with Crippen LogP contribution in [0.4, 0.5) is 10.3 Å². The molecule has 3 aromatic carbocycles. The molecule has 1 saturated carbocycles. The summed E-state index contributed by atoms with van der Waals surface area (Å²) in [5.41, 5.74) is 4.85. The van der Waals surface area contributed by atoms with Crippen molar-refractivity contribution in [2.75, 3.05) is 5.32 Å². The van der Waals surface area contributed by atoms with Crippen LogP contribution in [0.25, 0.3) is 0 Å². The van der Waals surface area contributed by atoms with Crippen LogP contribution in [-0.4, -0.2) is 26.8 Å². The van der Waals surface area contributed by atoms with Crippen LogP contribution >= 0.6 is 11.8 Å². The van der Waals surface area contributed by atoms with Crippen molar-refractivity contribution in [2.24, 2.45) is 0 Å². The van der Waals surface area contributed by atoms with E-state index in [1.165, 1.54) is 29.8 Å². The number of thioether (sulfide) groups is 1. The summed E-state index contributed by atoms with van der Waals surface area (Å²) in [7, 11) is 0. The first kappa shape index (κ1) is 31.9. The first-order valence-corrected chi connectivity index (χ1v) is 17.0. The Morgan fingerprint density at radius 3 is 2.46 bits per heavy atom. The van der Waals surface area contributed by atoms with Crippen LogP contribution in [0.3, 0.4) is 0 Å². The van der Waals surface area contributed by atoms with Gasteiger partial charge in [-0.2, -0.15) is 4.98 Å². The topological polar surface area (TPSA) is 78.3 Å². The smallest absolute Gasteiger partial charge is 0.338 e. The van der Waals surface area contributed by atoms with Gasteiger partial charge in [-0.05, 0) is 66.8 Å². The van der Waals surface area contributed by atoms with Gasteiger partial charge in [0, 0.05) is 17.0 Å². The fourth-order valence-corrected chi connectivity index (χ4v) is 6.82.